The maximum atomic E-state index is 4.06. The molecule has 1 heterocycles. The summed E-state index contributed by atoms with van der Waals surface area (Å²) in [7, 11) is 8.46. The maximum Gasteiger partial charge on any atom is 0.0914 e. The highest BCUT2D eigenvalue weighted by molar-refractivity contribution is 5.17. The SMILES string of the molecule is [CH2-][NH2+][C@@H](c1ccccc1)[C@@H](C)CN1CCC(N(C)C)CC1. The van der Waals surface area contributed by atoms with Crippen LogP contribution in [0.3, 0.4) is 0 Å². The molecule has 0 amide bonds. The molecule has 118 valence electrons. The van der Waals surface area contributed by atoms with Crippen LogP contribution in [0.1, 0.15) is 31.4 Å². The lowest BCUT2D eigenvalue weighted by Crippen LogP contribution is -2.80. The third kappa shape index (κ3) is 4.53. The van der Waals surface area contributed by atoms with E-state index in [1.54, 1.807) is 0 Å². The molecule has 0 radical (unpaired) electrons. The quantitative estimate of drug-likeness (QED) is 0.806. The zero-order valence-electron chi connectivity index (χ0n) is 13.8. The molecular formula is C18H31N3. The average molecular weight is 289 g/mol. The van der Waals surface area contributed by atoms with Crippen LogP contribution >= 0.6 is 0 Å². The molecular weight excluding hydrogens is 258 g/mol. The summed E-state index contributed by atoms with van der Waals surface area (Å²) in [5, 5.41) is 2.12. The van der Waals surface area contributed by atoms with Crippen molar-refractivity contribution in [3.05, 3.63) is 42.9 Å². The van der Waals surface area contributed by atoms with E-state index in [9.17, 15) is 0 Å². The fraction of sp³-hybridized carbons (Fsp3) is 0.611. The van der Waals surface area contributed by atoms with E-state index in [0.717, 1.165) is 6.04 Å². The molecule has 1 aliphatic heterocycles. The predicted octanol–water partition coefficient (Wildman–Crippen LogP) is 1.74. The van der Waals surface area contributed by atoms with Crippen molar-refractivity contribution in [1.29, 1.82) is 0 Å². The van der Waals surface area contributed by atoms with Crippen molar-refractivity contribution in [3.8, 4) is 0 Å². The van der Waals surface area contributed by atoms with Crippen molar-refractivity contribution in [2.45, 2.75) is 31.8 Å². The Balaban J connectivity index is 1.87. The summed E-state index contributed by atoms with van der Waals surface area (Å²) in [4.78, 5) is 5.00. The van der Waals surface area contributed by atoms with Crippen LogP contribution in [0.2, 0.25) is 0 Å². The van der Waals surface area contributed by atoms with E-state index < -0.39 is 0 Å². The Hall–Kier alpha value is -0.900. The van der Waals surface area contributed by atoms with Gasteiger partial charge in [-0.25, -0.2) is 0 Å². The molecule has 0 aromatic heterocycles. The Morgan fingerprint density at radius 1 is 1.24 bits per heavy atom. The number of hydrogen-bond donors (Lipinski definition) is 1. The van der Waals surface area contributed by atoms with Gasteiger partial charge in [-0.05, 0) is 40.0 Å². The molecule has 1 aromatic carbocycles. The summed E-state index contributed by atoms with van der Waals surface area (Å²) in [5.41, 5.74) is 1.39. The summed E-state index contributed by atoms with van der Waals surface area (Å²) < 4.78 is 0. The van der Waals surface area contributed by atoms with E-state index >= 15 is 0 Å². The van der Waals surface area contributed by atoms with Gasteiger partial charge in [0, 0.05) is 24.1 Å². The number of benzene rings is 1. The normalized spacial score (nSPS) is 20.6. The van der Waals surface area contributed by atoms with E-state index in [1.165, 1.54) is 38.0 Å². The number of quaternary nitrogens is 1. The Morgan fingerprint density at radius 2 is 1.86 bits per heavy atom. The fourth-order valence-electron chi connectivity index (χ4n) is 3.51. The van der Waals surface area contributed by atoms with Gasteiger partial charge in [0.15, 0.2) is 0 Å². The molecule has 2 atom stereocenters. The van der Waals surface area contributed by atoms with Crippen LogP contribution in [0.4, 0.5) is 0 Å². The standard InChI is InChI=1S/C18H31N3/c1-15(18(19-2)16-8-6-5-7-9-16)14-21-12-10-17(11-13-21)20(3)4/h5-9,15,17-18H,2,10-14,19H2,1,3-4H3/t15-,18+/m0/s1. The second-order valence-electron chi connectivity index (χ2n) is 6.64. The van der Waals surface area contributed by atoms with Crippen LogP contribution < -0.4 is 5.32 Å². The molecule has 1 fully saturated rings. The van der Waals surface area contributed by atoms with Gasteiger partial charge < -0.3 is 15.1 Å². The molecule has 2 N–H and O–H groups in total. The smallest absolute Gasteiger partial charge is 0.0914 e. The first-order valence-electron chi connectivity index (χ1n) is 8.18. The maximum absolute atomic E-state index is 4.06. The van der Waals surface area contributed by atoms with Gasteiger partial charge in [0.25, 0.3) is 0 Å². The molecule has 21 heavy (non-hydrogen) atoms. The molecule has 3 heteroatoms. The number of nitrogens with two attached hydrogens (primary N) is 1. The molecule has 0 bridgehead atoms. The largest absolute Gasteiger partial charge is 0.472 e. The minimum absolute atomic E-state index is 0.456. The highest BCUT2D eigenvalue weighted by Gasteiger charge is 2.25. The first-order chi connectivity index (χ1) is 10.1. The van der Waals surface area contributed by atoms with E-state index in [-0.39, 0.29) is 0 Å². The van der Waals surface area contributed by atoms with Crippen molar-refractivity contribution in [1.82, 2.24) is 9.80 Å². The third-order valence-corrected chi connectivity index (χ3v) is 4.89. The van der Waals surface area contributed by atoms with Gasteiger partial charge in [-0.15, -0.1) is 0 Å². The first-order valence-corrected chi connectivity index (χ1v) is 8.18. The minimum atomic E-state index is 0.456. The number of hydrogen-bond acceptors (Lipinski definition) is 2. The highest BCUT2D eigenvalue weighted by Crippen LogP contribution is 2.21. The van der Waals surface area contributed by atoms with Crippen molar-refractivity contribution in [2.75, 3.05) is 33.7 Å². The van der Waals surface area contributed by atoms with E-state index in [4.69, 9.17) is 0 Å². The van der Waals surface area contributed by atoms with Crippen molar-refractivity contribution >= 4 is 0 Å². The van der Waals surface area contributed by atoms with Crippen LogP contribution in [-0.2, 0) is 0 Å². The van der Waals surface area contributed by atoms with Gasteiger partial charge >= 0.3 is 0 Å². The number of likely N-dealkylation sites (tertiary alicyclic amines) is 1. The first kappa shape index (κ1) is 16.5. The Morgan fingerprint density at radius 3 is 2.38 bits per heavy atom. The zero-order valence-corrected chi connectivity index (χ0v) is 13.8. The lowest BCUT2D eigenvalue weighted by molar-refractivity contribution is -0.648. The topological polar surface area (TPSA) is 23.1 Å². The van der Waals surface area contributed by atoms with Crippen LogP contribution in [0.5, 0.6) is 0 Å². The molecule has 0 spiro atoms. The van der Waals surface area contributed by atoms with E-state index in [1.807, 2.05) is 0 Å². The monoisotopic (exact) mass is 289 g/mol. The predicted molar refractivity (Wildman–Crippen MR) is 88.8 cm³/mol. The van der Waals surface area contributed by atoms with Gasteiger partial charge in [0.1, 0.15) is 0 Å². The van der Waals surface area contributed by atoms with Crippen LogP contribution in [0.15, 0.2) is 30.3 Å². The average Bonchev–Trinajstić information content (AvgIpc) is 2.49. The van der Waals surface area contributed by atoms with Crippen LogP contribution in [0.25, 0.3) is 0 Å². The number of piperidine rings is 1. The molecule has 3 nitrogen and oxygen atoms in total. The molecule has 2 rings (SSSR count). The minimum Gasteiger partial charge on any atom is -0.472 e. The molecule has 0 saturated carbocycles. The Kier molecular flexibility index (Phi) is 6.22. The zero-order chi connectivity index (χ0) is 15.2. The summed E-state index contributed by atoms with van der Waals surface area (Å²) in [6, 6.07) is 12.0. The fourth-order valence-corrected chi connectivity index (χ4v) is 3.51. The molecule has 0 unspecified atom stereocenters. The second kappa shape index (κ2) is 7.92. The van der Waals surface area contributed by atoms with Crippen molar-refractivity contribution in [2.24, 2.45) is 5.92 Å². The van der Waals surface area contributed by atoms with Gasteiger partial charge in [0.2, 0.25) is 0 Å². The van der Waals surface area contributed by atoms with Crippen molar-refractivity contribution in [3.63, 3.8) is 0 Å². The summed E-state index contributed by atoms with van der Waals surface area (Å²) >= 11 is 0. The van der Waals surface area contributed by atoms with Crippen LogP contribution in [0, 0.1) is 13.0 Å². The van der Waals surface area contributed by atoms with Crippen LogP contribution in [-0.4, -0.2) is 49.6 Å². The van der Waals surface area contributed by atoms with E-state index in [2.05, 4.69) is 73.5 Å². The molecule has 0 aliphatic carbocycles. The molecule has 1 aromatic rings. The van der Waals surface area contributed by atoms with Gasteiger partial charge in [-0.3, -0.25) is 0 Å². The van der Waals surface area contributed by atoms with Gasteiger partial charge in [0.05, 0.1) is 6.04 Å². The lowest BCUT2D eigenvalue weighted by atomic mass is 9.93. The third-order valence-electron chi connectivity index (χ3n) is 4.89. The second-order valence-corrected chi connectivity index (χ2v) is 6.64. The summed E-state index contributed by atoms with van der Waals surface area (Å²) in [6.45, 7) is 5.99. The number of nitrogens with zero attached hydrogens (tertiary/aromatic N) is 2. The summed E-state index contributed by atoms with van der Waals surface area (Å²) in [5.74, 6) is 0.612. The molecule has 1 aliphatic rings. The van der Waals surface area contributed by atoms with Crippen molar-refractivity contribution < 1.29 is 5.32 Å². The molecule has 1 saturated heterocycles. The van der Waals surface area contributed by atoms with E-state index in [0.29, 0.717) is 12.0 Å². The Bertz CT molecular complexity index is 396. The summed E-state index contributed by atoms with van der Waals surface area (Å²) in [6.07, 6.45) is 2.59. The number of rotatable bonds is 6. The van der Waals surface area contributed by atoms with Gasteiger partial charge in [-0.1, -0.05) is 37.3 Å². The van der Waals surface area contributed by atoms with Gasteiger partial charge in [-0.2, -0.15) is 7.05 Å². The lowest BCUT2D eigenvalue weighted by Gasteiger charge is -2.37. The Labute approximate surface area is 130 Å². The highest BCUT2D eigenvalue weighted by atomic mass is 15.2.